The van der Waals surface area contributed by atoms with Crippen LogP contribution in [-0.4, -0.2) is 23.7 Å². The number of nitrogens with one attached hydrogen (secondary N) is 1. The molecule has 1 aromatic rings. The van der Waals surface area contributed by atoms with Gasteiger partial charge < -0.3 is 11.1 Å². The molecule has 23 heavy (non-hydrogen) atoms. The summed E-state index contributed by atoms with van der Waals surface area (Å²) in [5.74, 6) is 2.50. The molecule has 3 N–H and O–H groups in total. The Morgan fingerprint density at radius 3 is 2.74 bits per heavy atom. The van der Waals surface area contributed by atoms with Gasteiger partial charge in [-0.15, -0.1) is 35.5 Å². The van der Waals surface area contributed by atoms with Gasteiger partial charge in [0.15, 0.2) is 0 Å². The highest BCUT2D eigenvalue weighted by molar-refractivity contribution is 8.00. The SMILES string of the molecule is Cl.NC1CC2CCCC(C1)C2NC(=O)C1SCCc2sccc21. The molecule has 0 aromatic carbocycles. The maximum absolute atomic E-state index is 12.9. The van der Waals surface area contributed by atoms with Crippen LogP contribution in [0, 0.1) is 11.8 Å². The van der Waals surface area contributed by atoms with Crippen LogP contribution in [0.1, 0.15) is 47.8 Å². The van der Waals surface area contributed by atoms with E-state index in [1.807, 2.05) is 0 Å². The minimum atomic E-state index is 0. The topological polar surface area (TPSA) is 55.1 Å². The van der Waals surface area contributed by atoms with Gasteiger partial charge in [-0.1, -0.05) is 6.42 Å². The maximum Gasteiger partial charge on any atom is 0.237 e. The smallest absolute Gasteiger partial charge is 0.237 e. The molecule has 0 spiro atoms. The number of amides is 1. The molecule has 2 fully saturated rings. The number of hydrogen-bond acceptors (Lipinski definition) is 4. The fourth-order valence-electron chi connectivity index (χ4n) is 4.63. The van der Waals surface area contributed by atoms with Crippen LogP contribution < -0.4 is 11.1 Å². The number of rotatable bonds is 2. The van der Waals surface area contributed by atoms with E-state index in [1.54, 1.807) is 23.1 Å². The van der Waals surface area contributed by atoms with Gasteiger partial charge in [-0.05, 0) is 66.7 Å². The molecule has 3 nitrogen and oxygen atoms in total. The molecule has 128 valence electrons. The van der Waals surface area contributed by atoms with Gasteiger partial charge in [0.25, 0.3) is 0 Å². The van der Waals surface area contributed by atoms with E-state index in [1.165, 1.54) is 29.7 Å². The average Bonchev–Trinajstić information content (AvgIpc) is 2.96. The predicted molar refractivity (Wildman–Crippen MR) is 100 cm³/mol. The summed E-state index contributed by atoms with van der Waals surface area (Å²) in [5.41, 5.74) is 7.46. The number of thioether (sulfide) groups is 1. The van der Waals surface area contributed by atoms with Crippen molar-refractivity contribution in [2.45, 2.75) is 55.9 Å². The zero-order valence-corrected chi connectivity index (χ0v) is 15.7. The van der Waals surface area contributed by atoms with E-state index in [0.717, 1.165) is 25.0 Å². The fourth-order valence-corrected chi connectivity index (χ4v) is 6.93. The Hall–Kier alpha value is -0.230. The zero-order valence-electron chi connectivity index (χ0n) is 13.2. The van der Waals surface area contributed by atoms with Crippen LogP contribution in [0.15, 0.2) is 11.4 Å². The first-order valence-electron chi connectivity index (χ1n) is 8.46. The van der Waals surface area contributed by atoms with Crippen molar-refractivity contribution in [2.24, 2.45) is 17.6 Å². The molecule has 6 heteroatoms. The second-order valence-corrected chi connectivity index (χ2v) is 9.23. The van der Waals surface area contributed by atoms with E-state index in [4.69, 9.17) is 5.73 Å². The highest BCUT2D eigenvalue weighted by Crippen LogP contribution is 2.42. The number of halogens is 1. The molecule has 2 saturated carbocycles. The number of thiophene rings is 1. The Labute approximate surface area is 152 Å². The Kier molecular flexibility index (Phi) is 5.61. The third-order valence-electron chi connectivity index (χ3n) is 5.60. The van der Waals surface area contributed by atoms with Crippen LogP contribution in [0.4, 0.5) is 0 Å². The molecule has 1 aliphatic heterocycles. The summed E-state index contributed by atoms with van der Waals surface area (Å²) < 4.78 is 0. The van der Waals surface area contributed by atoms with E-state index in [-0.39, 0.29) is 23.6 Å². The quantitative estimate of drug-likeness (QED) is 0.835. The van der Waals surface area contributed by atoms with Crippen molar-refractivity contribution < 1.29 is 4.79 Å². The Balaban J connectivity index is 0.00000156. The summed E-state index contributed by atoms with van der Waals surface area (Å²) in [7, 11) is 0. The fraction of sp³-hybridized carbons (Fsp3) is 0.706. The standard InChI is InChI=1S/C17H24N2OS2.ClH/c18-12-8-10-2-1-3-11(9-12)15(10)19-17(20)16-13-4-6-21-14(13)5-7-22-16;/h4,6,10-12,15-16H,1-3,5,7-9,18H2,(H,19,20);1H. The first-order chi connectivity index (χ1) is 10.7. The first kappa shape index (κ1) is 17.6. The number of aryl methyl sites for hydroxylation is 1. The van der Waals surface area contributed by atoms with Crippen LogP contribution in [0.5, 0.6) is 0 Å². The lowest BCUT2D eigenvalue weighted by atomic mass is 9.67. The van der Waals surface area contributed by atoms with Crippen molar-refractivity contribution in [1.29, 1.82) is 0 Å². The molecule has 1 aromatic heterocycles. The highest BCUT2D eigenvalue weighted by Gasteiger charge is 2.41. The van der Waals surface area contributed by atoms with Crippen molar-refractivity contribution in [3.63, 3.8) is 0 Å². The summed E-state index contributed by atoms with van der Waals surface area (Å²) in [6, 6.07) is 2.86. The van der Waals surface area contributed by atoms with Gasteiger partial charge in [0.2, 0.25) is 5.91 Å². The van der Waals surface area contributed by atoms with Gasteiger partial charge in [-0.3, -0.25) is 4.79 Å². The van der Waals surface area contributed by atoms with Crippen molar-refractivity contribution in [1.82, 2.24) is 5.32 Å². The van der Waals surface area contributed by atoms with Crippen LogP contribution in [0.2, 0.25) is 0 Å². The molecule has 3 unspecified atom stereocenters. The van der Waals surface area contributed by atoms with Crippen LogP contribution in [-0.2, 0) is 11.2 Å². The predicted octanol–water partition coefficient (Wildman–Crippen LogP) is 3.52. The molecule has 2 heterocycles. The number of hydrogen-bond donors (Lipinski definition) is 2. The summed E-state index contributed by atoms with van der Waals surface area (Å²) in [6.45, 7) is 0. The molecular formula is C17H25ClN2OS2. The monoisotopic (exact) mass is 372 g/mol. The summed E-state index contributed by atoms with van der Waals surface area (Å²) in [6.07, 6.45) is 7.06. The van der Waals surface area contributed by atoms with Gasteiger partial charge in [-0.2, -0.15) is 0 Å². The molecule has 0 radical (unpaired) electrons. The summed E-state index contributed by atoms with van der Waals surface area (Å²) in [5, 5.41) is 5.57. The van der Waals surface area contributed by atoms with E-state index >= 15 is 0 Å². The lowest BCUT2D eigenvalue weighted by molar-refractivity contribution is -0.123. The van der Waals surface area contributed by atoms with E-state index in [9.17, 15) is 4.79 Å². The molecule has 1 amide bonds. The van der Waals surface area contributed by atoms with E-state index in [2.05, 4.69) is 16.8 Å². The van der Waals surface area contributed by atoms with Crippen molar-refractivity contribution in [3.05, 3.63) is 21.9 Å². The normalized spacial score (nSPS) is 35.8. The second kappa shape index (κ2) is 7.34. The zero-order chi connectivity index (χ0) is 15.1. The van der Waals surface area contributed by atoms with E-state index < -0.39 is 0 Å². The maximum atomic E-state index is 12.9. The van der Waals surface area contributed by atoms with Gasteiger partial charge in [0, 0.05) is 17.0 Å². The molecule has 2 aliphatic carbocycles. The number of carbonyl (C=O) groups is 1. The number of nitrogens with two attached hydrogens (primary N) is 1. The molecular weight excluding hydrogens is 348 g/mol. The van der Waals surface area contributed by atoms with Gasteiger partial charge in [-0.25, -0.2) is 0 Å². The Morgan fingerprint density at radius 2 is 2.00 bits per heavy atom. The van der Waals surface area contributed by atoms with E-state index in [0.29, 0.717) is 23.9 Å². The second-order valence-electron chi connectivity index (χ2n) is 7.02. The van der Waals surface area contributed by atoms with Crippen molar-refractivity contribution in [3.8, 4) is 0 Å². The van der Waals surface area contributed by atoms with Crippen molar-refractivity contribution >= 4 is 41.4 Å². The minimum Gasteiger partial charge on any atom is -0.352 e. The Bertz CT molecular complexity index is 551. The Morgan fingerprint density at radius 1 is 1.26 bits per heavy atom. The molecule has 0 saturated heterocycles. The van der Waals surface area contributed by atoms with Gasteiger partial charge in [0.05, 0.1) is 0 Å². The van der Waals surface area contributed by atoms with Crippen LogP contribution in [0.3, 0.4) is 0 Å². The summed E-state index contributed by atoms with van der Waals surface area (Å²) in [4.78, 5) is 14.3. The lowest BCUT2D eigenvalue weighted by Crippen LogP contribution is -2.54. The summed E-state index contributed by atoms with van der Waals surface area (Å²) >= 11 is 3.61. The van der Waals surface area contributed by atoms with Crippen LogP contribution >= 0.6 is 35.5 Å². The van der Waals surface area contributed by atoms with Gasteiger partial charge >= 0.3 is 0 Å². The largest absolute Gasteiger partial charge is 0.352 e. The molecule has 2 bridgehead atoms. The highest BCUT2D eigenvalue weighted by atomic mass is 35.5. The minimum absolute atomic E-state index is 0. The van der Waals surface area contributed by atoms with Crippen molar-refractivity contribution in [2.75, 3.05) is 5.75 Å². The third-order valence-corrected chi connectivity index (χ3v) is 7.84. The number of carbonyl (C=O) groups excluding carboxylic acids is 1. The molecule has 3 aliphatic rings. The third kappa shape index (κ3) is 3.44. The average molecular weight is 373 g/mol. The molecule has 3 atom stereocenters. The van der Waals surface area contributed by atoms with Crippen LogP contribution in [0.25, 0.3) is 0 Å². The number of fused-ring (bicyclic) bond motifs is 3. The molecule has 4 rings (SSSR count). The lowest BCUT2D eigenvalue weighted by Gasteiger charge is -2.45. The first-order valence-corrected chi connectivity index (χ1v) is 10.4. The van der Waals surface area contributed by atoms with Gasteiger partial charge in [0.1, 0.15) is 5.25 Å².